The summed E-state index contributed by atoms with van der Waals surface area (Å²) < 4.78 is 14.8. The standard InChI is InChI=1S/C10H18O9/c11-3-1-18-10(6(14)5(3)13)19-8-4(12)2-17-9(16)7(8)15/h3-16H,1-2H2/t3-,4-,5+,6-,7-,8+,9?,10-/m1/s1. The molecule has 2 rings (SSSR count). The Hall–Kier alpha value is -0.360. The minimum absolute atomic E-state index is 0.253. The largest absolute Gasteiger partial charge is 0.388 e. The second-order valence-corrected chi connectivity index (χ2v) is 4.63. The van der Waals surface area contributed by atoms with Gasteiger partial charge in [-0.3, -0.25) is 0 Å². The maximum Gasteiger partial charge on any atom is 0.186 e. The Kier molecular flexibility index (Phi) is 4.71. The van der Waals surface area contributed by atoms with Gasteiger partial charge in [-0.15, -0.1) is 0 Å². The van der Waals surface area contributed by atoms with Crippen LogP contribution in [0.25, 0.3) is 0 Å². The number of aliphatic hydroxyl groups excluding tert-OH is 6. The van der Waals surface area contributed by atoms with Crippen molar-refractivity contribution in [3.63, 3.8) is 0 Å². The molecule has 2 aliphatic heterocycles. The van der Waals surface area contributed by atoms with Gasteiger partial charge in [-0.25, -0.2) is 0 Å². The van der Waals surface area contributed by atoms with E-state index in [2.05, 4.69) is 4.74 Å². The SMILES string of the molecule is OC1OC[C@@H](O)[C@H](O[C@H]2OC[C@@H](O)[C@H](O)[C@H]2O)[C@H]1O. The fraction of sp³-hybridized carbons (Fsp3) is 1.00. The number of aliphatic hydroxyl groups is 6. The van der Waals surface area contributed by atoms with E-state index in [0.29, 0.717) is 0 Å². The minimum atomic E-state index is -1.54. The average molecular weight is 282 g/mol. The zero-order valence-corrected chi connectivity index (χ0v) is 9.94. The molecule has 9 nitrogen and oxygen atoms in total. The molecule has 8 atom stereocenters. The van der Waals surface area contributed by atoms with Crippen LogP contribution in [0.15, 0.2) is 0 Å². The molecule has 1 unspecified atom stereocenters. The van der Waals surface area contributed by atoms with E-state index in [1.807, 2.05) is 0 Å². The van der Waals surface area contributed by atoms with Crippen molar-refractivity contribution in [3.8, 4) is 0 Å². The Balaban J connectivity index is 1.99. The second kappa shape index (κ2) is 5.95. The van der Waals surface area contributed by atoms with Crippen molar-refractivity contribution in [1.82, 2.24) is 0 Å². The van der Waals surface area contributed by atoms with Crippen molar-refractivity contribution in [3.05, 3.63) is 0 Å². The molecule has 2 heterocycles. The summed E-state index contributed by atoms with van der Waals surface area (Å²) in [6, 6.07) is 0. The monoisotopic (exact) mass is 282 g/mol. The van der Waals surface area contributed by atoms with Gasteiger partial charge in [0.2, 0.25) is 0 Å². The van der Waals surface area contributed by atoms with Crippen molar-refractivity contribution in [2.75, 3.05) is 13.2 Å². The van der Waals surface area contributed by atoms with E-state index >= 15 is 0 Å². The van der Waals surface area contributed by atoms with Crippen molar-refractivity contribution in [1.29, 1.82) is 0 Å². The first-order valence-electron chi connectivity index (χ1n) is 5.89. The van der Waals surface area contributed by atoms with Gasteiger partial charge < -0.3 is 44.8 Å². The van der Waals surface area contributed by atoms with E-state index in [9.17, 15) is 30.6 Å². The molecular weight excluding hydrogens is 264 g/mol. The molecule has 0 aromatic rings. The first kappa shape index (κ1) is 15.0. The first-order valence-corrected chi connectivity index (χ1v) is 5.89. The quantitative estimate of drug-likeness (QED) is 0.297. The van der Waals surface area contributed by atoms with Crippen LogP contribution in [-0.2, 0) is 14.2 Å². The molecule has 19 heavy (non-hydrogen) atoms. The summed E-state index contributed by atoms with van der Waals surface area (Å²) in [7, 11) is 0. The number of rotatable bonds is 2. The summed E-state index contributed by atoms with van der Waals surface area (Å²) in [4.78, 5) is 0. The maximum absolute atomic E-state index is 9.66. The van der Waals surface area contributed by atoms with Crippen LogP contribution in [0.4, 0.5) is 0 Å². The summed E-state index contributed by atoms with van der Waals surface area (Å²) in [5, 5.41) is 57.0. The Morgan fingerprint density at radius 1 is 0.737 bits per heavy atom. The highest BCUT2D eigenvalue weighted by atomic mass is 16.7. The van der Waals surface area contributed by atoms with E-state index in [-0.39, 0.29) is 13.2 Å². The van der Waals surface area contributed by atoms with Gasteiger partial charge in [-0.2, -0.15) is 0 Å². The maximum atomic E-state index is 9.66. The lowest BCUT2D eigenvalue weighted by Crippen LogP contribution is -2.60. The fourth-order valence-corrected chi connectivity index (χ4v) is 2.01. The molecule has 0 saturated carbocycles. The highest BCUT2D eigenvalue weighted by Gasteiger charge is 2.45. The van der Waals surface area contributed by atoms with Crippen LogP contribution in [0.3, 0.4) is 0 Å². The lowest BCUT2D eigenvalue weighted by molar-refractivity contribution is -0.329. The molecule has 2 saturated heterocycles. The smallest absolute Gasteiger partial charge is 0.186 e. The van der Waals surface area contributed by atoms with Gasteiger partial charge in [0, 0.05) is 0 Å². The van der Waals surface area contributed by atoms with Crippen molar-refractivity contribution in [2.45, 2.75) is 49.2 Å². The summed E-state index contributed by atoms with van der Waals surface area (Å²) in [6.45, 7) is -0.516. The summed E-state index contributed by atoms with van der Waals surface area (Å²) in [5.41, 5.74) is 0. The first-order chi connectivity index (χ1) is 8.91. The van der Waals surface area contributed by atoms with Gasteiger partial charge in [-0.1, -0.05) is 0 Å². The third-order valence-electron chi connectivity index (χ3n) is 3.19. The van der Waals surface area contributed by atoms with Crippen LogP contribution in [-0.4, -0.2) is 93.1 Å². The molecule has 6 N–H and O–H groups in total. The van der Waals surface area contributed by atoms with Gasteiger partial charge in [-0.05, 0) is 0 Å². The summed E-state index contributed by atoms with van der Waals surface area (Å²) >= 11 is 0. The Morgan fingerprint density at radius 2 is 1.37 bits per heavy atom. The van der Waals surface area contributed by atoms with Crippen molar-refractivity contribution in [2.24, 2.45) is 0 Å². The lowest BCUT2D eigenvalue weighted by Gasteiger charge is -2.41. The van der Waals surface area contributed by atoms with Crippen LogP contribution in [0.1, 0.15) is 0 Å². The third-order valence-corrected chi connectivity index (χ3v) is 3.19. The Bertz CT molecular complexity index is 301. The highest BCUT2D eigenvalue weighted by molar-refractivity contribution is 4.87. The molecule has 0 aliphatic carbocycles. The number of ether oxygens (including phenoxy) is 3. The third kappa shape index (κ3) is 3.05. The predicted molar refractivity (Wildman–Crippen MR) is 56.6 cm³/mol. The van der Waals surface area contributed by atoms with Crippen molar-refractivity contribution < 1.29 is 44.8 Å². The molecule has 0 aromatic carbocycles. The normalized spacial score (nSPS) is 52.1. The lowest BCUT2D eigenvalue weighted by atomic mass is 10.0. The zero-order valence-electron chi connectivity index (χ0n) is 9.94. The summed E-state index contributed by atoms with van der Waals surface area (Å²) in [5.74, 6) is 0. The van der Waals surface area contributed by atoms with Gasteiger partial charge in [0.05, 0.1) is 13.2 Å². The molecular formula is C10H18O9. The molecule has 9 heteroatoms. The van der Waals surface area contributed by atoms with Crippen LogP contribution in [0, 0.1) is 0 Å². The molecule has 112 valence electrons. The van der Waals surface area contributed by atoms with E-state index in [1.54, 1.807) is 0 Å². The predicted octanol–water partition coefficient (Wildman–Crippen LogP) is -4.12. The zero-order chi connectivity index (χ0) is 14.2. The molecule has 0 aromatic heterocycles. The molecule has 0 radical (unpaired) electrons. The van der Waals surface area contributed by atoms with E-state index in [0.717, 1.165) is 0 Å². The van der Waals surface area contributed by atoms with E-state index in [1.165, 1.54) is 0 Å². The molecule has 0 bridgehead atoms. The topological polar surface area (TPSA) is 149 Å². The van der Waals surface area contributed by atoms with Crippen molar-refractivity contribution >= 4 is 0 Å². The van der Waals surface area contributed by atoms with Gasteiger partial charge >= 0.3 is 0 Å². The van der Waals surface area contributed by atoms with Crippen LogP contribution in [0.2, 0.25) is 0 Å². The Labute approximate surface area is 108 Å². The van der Waals surface area contributed by atoms with Crippen LogP contribution in [0.5, 0.6) is 0 Å². The fourth-order valence-electron chi connectivity index (χ4n) is 2.01. The molecule has 2 aliphatic rings. The summed E-state index contributed by atoms with van der Waals surface area (Å²) in [6.07, 6.45) is -11.1. The number of hydrogen-bond acceptors (Lipinski definition) is 9. The van der Waals surface area contributed by atoms with Gasteiger partial charge in [0.1, 0.15) is 36.6 Å². The van der Waals surface area contributed by atoms with Crippen LogP contribution >= 0.6 is 0 Å². The van der Waals surface area contributed by atoms with Gasteiger partial charge in [0.15, 0.2) is 12.6 Å². The van der Waals surface area contributed by atoms with E-state index < -0.39 is 49.2 Å². The van der Waals surface area contributed by atoms with Crippen LogP contribution < -0.4 is 0 Å². The molecule has 0 spiro atoms. The molecule has 2 fully saturated rings. The van der Waals surface area contributed by atoms with E-state index in [4.69, 9.17) is 9.47 Å². The number of hydrogen-bond donors (Lipinski definition) is 6. The highest BCUT2D eigenvalue weighted by Crippen LogP contribution is 2.23. The Morgan fingerprint density at radius 3 is 2.05 bits per heavy atom. The second-order valence-electron chi connectivity index (χ2n) is 4.63. The van der Waals surface area contributed by atoms with Gasteiger partial charge in [0.25, 0.3) is 0 Å². The minimum Gasteiger partial charge on any atom is -0.388 e. The molecule has 0 amide bonds. The average Bonchev–Trinajstić information content (AvgIpc) is 2.39.